The molecule has 2 aliphatic heterocycles. The van der Waals surface area contributed by atoms with Gasteiger partial charge in [0.2, 0.25) is 0 Å². The van der Waals surface area contributed by atoms with Crippen LogP contribution in [0, 0.1) is 0 Å². The van der Waals surface area contributed by atoms with Gasteiger partial charge in [-0.25, -0.2) is 9.97 Å². The molecule has 6 heteroatoms. The zero-order valence-corrected chi connectivity index (χ0v) is 13.6. The Morgan fingerprint density at radius 3 is 1.73 bits per heavy atom. The maximum atomic E-state index is 5.73. The van der Waals surface area contributed by atoms with Crippen LogP contribution in [0.1, 0.15) is 25.7 Å². The average molecular weight is 306 g/mol. The Bertz CT molecular complexity index is 430. The third-order valence-electron chi connectivity index (χ3n) is 4.39. The predicted octanol–water partition coefficient (Wildman–Crippen LogP) is 1.71. The molecular formula is C16H26N4O2. The van der Waals surface area contributed by atoms with E-state index in [4.69, 9.17) is 9.47 Å². The number of aromatic nitrogens is 2. The van der Waals surface area contributed by atoms with Crippen molar-refractivity contribution in [2.45, 2.75) is 37.9 Å². The molecule has 0 N–H and O–H groups in total. The molecule has 0 aromatic carbocycles. The van der Waals surface area contributed by atoms with Gasteiger partial charge in [0.1, 0.15) is 0 Å². The monoisotopic (exact) mass is 306 g/mol. The maximum absolute atomic E-state index is 5.73. The first-order valence-corrected chi connectivity index (χ1v) is 8.20. The Morgan fingerprint density at radius 1 is 0.909 bits per heavy atom. The molecule has 22 heavy (non-hydrogen) atoms. The molecule has 0 saturated carbocycles. The van der Waals surface area contributed by atoms with E-state index in [1.807, 2.05) is 0 Å². The molecule has 0 amide bonds. The molecule has 2 saturated heterocycles. The summed E-state index contributed by atoms with van der Waals surface area (Å²) in [4.78, 5) is 13.4. The third kappa shape index (κ3) is 3.67. The van der Waals surface area contributed by atoms with Crippen molar-refractivity contribution >= 4 is 11.6 Å². The van der Waals surface area contributed by atoms with Gasteiger partial charge in [-0.15, -0.1) is 0 Å². The summed E-state index contributed by atoms with van der Waals surface area (Å²) in [6.45, 7) is 3.48. The maximum Gasteiger partial charge on any atom is 0.171 e. The van der Waals surface area contributed by atoms with Crippen LogP contribution in [0.2, 0.25) is 0 Å². The number of ether oxygens (including phenoxy) is 2. The molecule has 0 spiro atoms. The summed E-state index contributed by atoms with van der Waals surface area (Å²) in [7, 11) is 4.13. The highest BCUT2D eigenvalue weighted by Gasteiger charge is 2.23. The van der Waals surface area contributed by atoms with E-state index in [-0.39, 0.29) is 0 Å². The van der Waals surface area contributed by atoms with Crippen LogP contribution in [-0.4, -0.2) is 62.6 Å². The summed E-state index contributed by atoms with van der Waals surface area (Å²) in [6.07, 6.45) is 8.70. The second-order valence-corrected chi connectivity index (χ2v) is 6.23. The smallest absolute Gasteiger partial charge is 0.171 e. The lowest BCUT2D eigenvalue weighted by Gasteiger charge is -2.28. The molecule has 1 aromatic rings. The molecule has 3 heterocycles. The van der Waals surface area contributed by atoms with E-state index in [1.54, 1.807) is 12.4 Å². The summed E-state index contributed by atoms with van der Waals surface area (Å²) in [6, 6.07) is 0. The van der Waals surface area contributed by atoms with Crippen molar-refractivity contribution in [2.75, 3.05) is 50.2 Å². The minimum absolute atomic E-state index is 0.309. The van der Waals surface area contributed by atoms with E-state index in [0.29, 0.717) is 12.2 Å². The number of likely N-dealkylation sites (N-methyl/N-ethyl adjacent to an activating group) is 2. The molecule has 6 nitrogen and oxygen atoms in total. The van der Waals surface area contributed by atoms with Crippen LogP contribution in [-0.2, 0) is 9.47 Å². The lowest BCUT2D eigenvalue weighted by atomic mass is 10.2. The minimum Gasteiger partial charge on any atom is -0.376 e. The normalized spacial score (nSPS) is 24.6. The van der Waals surface area contributed by atoms with Crippen molar-refractivity contribution in [3.63, 3.8) is 0 Å². The molecule has 1 aromatic heterocycles. The van der Waals surface area contributed by atoms with E-state index >= 15 is 0 Å². The minimum atomic E-state index is 0.309. The van der Waals surface area contributed by atoms with Gasteiger partial charge in [0.05, 0.1) is 12.2 Å². The highest BCUT2D eigenvalue weighted by molar-refractivity contribution is 5.61. The molecule has 0 bridgehead atoms. The van der Waals surface area contributed by atoms with E-state index in [0.717, 1.165) is 63.6 Å². The van der Waals surface area contributed by atoms with Gasteiger partial charge < -0.3 is 19.3 Å². The van der Waals surface area contributed by atoms with Gasteiger partial charge >= 0.3 is 0 Å². The SMILES string of the molecule is CN(C[C@@H]1CCCO1)c1nccnc1N(C)C[C@@H]1CCCO1. The van der Waals surface area contributed by atoms with Crippen LogP contribution < -0.4 is 9.80 Å². The molecule has 0 radical (unpaired) electrons. The lowest BCUT2D eigenvalue weighted by Crippen LogP contribution is -2.34. The Labute approximate surface area is 132 Å². The van der Waals surface area contributed by atoms with Crippen LogP contribution in [0.3, 0.4) is 0 Å². The zero-order chi connectivity index (χ0) is 15.4. The van der Waals surface area contributed by atoms with Gasteiger partial charge in [0.25, 0.3) is 0 Å². The molecular weight excluding hydrogens is 280 g/mol. The van der Waals surface area contributed by atoms with Gasteiger partial charge in [-0.3, -0.25) is 0 Å². The summed E-state index contributed by atoms with van der Waals surface area (Å²) in [5.41, 5.74) is 0. The quantitative estimate of drug-likeness (QED) is 0.797. The highest BCUT2D eigenvalue weighted by atomic mass is 16.5. The number of rotatable bonds is 6. The van der Waals surface area contributed by atoms with Gasteiger partial charge in [0, 0.05) is 52.8 Å². The predicted molar refractivity (Wildman–Crippen MR) is 86.5 cm³/mol. The molecule has 2 fully saturated rings. The largest absolute Gasteiger partial charge is 0.376 e. The van der Waals surface area contributed by atoms with Crippen LogP contribution in [0.15, 0.2) is 12.4 Å². The van der Waals surface area contributed by atoms with Gasteiger partial charge in [-0.2, -0.15) is 0 Å². The molecule has 0 aliphatic carbocycles. The fraction of sp³-hybridized carbons (Fsp3) is 0.750. The molecule has 3 rings (SSSR count). The summed E-state index contributed by atoms with van der Waals surface area (Å²) >= 11 is 0. The van der Waals surface area contributed by atoms with Gasteiger partial charge in [-0.05, 0) is 25.7 Å². The first-order chi connectivity index (χ1) is 10.7. The summed E-state index contributed by atoms with van der Waals surface area (Å²) < 4.78 is 11.5. The van der Waals surface area contributed by atoms with Crippen molar-refractivity contribution in [2.24, 2.45) is 0 Å². The van der Waals surface area contributed by atoms with Crippen molar-refractivity contribution < 1.29 is 9.47 Å². The topological polar surface area (TPSA) is 50.7 Å². The number of hydrogen-bond acceptors (Lipinski definition) is 6. The Hall–Kier alpha value is -1.40. The Kier molecular flexibility index (Phi) is 5.10. The highest BCUT2D eigenvalue weighted by Crippen LogP contribution is 2.25. The summed E-state index contributed by atoms with van der Waals surface area (Å²) in [5.74, 6) is 1.83. The van der Waals surface area contributed by atoms with E-state index in [9.17, 15) is 0 Å². The van der Waals surface area contributed by atoms with Crippen molar-refractivity contribution in [3.8, 4) is 0 Å². The zero-order valence-electron chi connectivity index (χ0n) is 13.6. The fourth-order valence-corrected chi connectivity index (χ4v) is 3.22. The molecule has 2 atom stereocenters. The van der Waals surface area contributed by atoms with Crippen LogP contribution >= 0.6 is 0 Å². The van der Waals surface area contributed by atoms with Crippen LogP contribution in [0.5, 0.6) is 0 Å². The van der Waals surface area contributed by atoms with E-state index in [2.05, 4.69) is 33.9 Å². The fourth-order valence-electron chi connectivity index (χ4n) is 3.22. The standard InChI is InChI=1S/C16H26N4O2/c1-19(11-13-5-3-9-21-13)15-16(18-8-7-17-15)20(2)12-14-6-4-10-22-14/h7-8,13-14H,3-6,9-12H2,1-2H3/t13-,14-/m0/s1. The lowest BCUT2D eigenvalue weighted by molar-refractivity contribution is 0.115. The average Bonchev–Trinajstić information content (AvgIpc) is 3.21. The number of nitrogens with zero attached hydrogens (tertiary/aromatic N) is 4. The van der Waals surface area contributed by atoms with Crippen molar-refractivity contribution in [3.05, 3.63) is 12.4 Å². The Morgan fingerprint density at radius 2 is 1.36 bits per heavy atom. The summed E-state index contributed by atoms with van der Waals surface area (Å²) in [5, 5.41) is 0. The van der Waals surface area contributed by atoms with E-state index < -0.39 is 0 Å². The second kappa shape index (κ2) is 7.24. The van der Waals surface area contributed by atoms with E-state index in [1.165, 1.54) is 0 Å². The van der Waals surface area contributed by atoms with Crippen LogP contribution in [0.4, 0.5) is 11.6 Å². The number of anilines is 2. The second-order valence-electron chi connectivity index (χ2n) is 6.23. The van der Waals surface area contributed by atoms with Crippen molar-refractivity contribution in [1.29, 1.82) is 0 Å². The van der Waals surface area contributed by atoms with Crippen LogP contribution in [0.25, 0.3) is 0 Å². The Balaban J connectivity index is 1.67. The first-order valence-electron chi connectivity index (χ1n) is 8.20. The van der Waals surface area contributed by atoms with Gasteiger partial charge in [0.15, 0.2) is 11.6 Å². The van der Waals surface area contributed by atoms with Crippen molar-refractivity contribution in [1.82, 2.24) is 9.97 Å². The first kappa shape index (κ1) is 15.5. The molecule has 2 aliphatic rings. The molecule has 122 valence electrons. The molecule has 0 unspecified atom stereocenters. The third-order valence-corrected chi connectivity index (χ3v) is 4.39. The number of hydrogen-bond donors (Lipinski definition) is 0. The van der Waals surface area contributed by atoms with Gasteiger partial charge in [-0.1, -0.05) is 0 Å².